The van der Waals surface area contributed by atoms with Gasteiger partial charge < -0.3 is 19.8 Å². The summed E-state index contributed by atoms with van der Waals surface area (Å²) in [6, 6.07) is 2.40. The Hall–Kier alpha value is -3.90. The number of anilines is 1. The van der Waals surface area contributed by atoms with Gasteiger partial charge in [0.05, 0.1) is 5.69 Å². The highest BCUT2D eigenvalue weighted by molar-refractivity contribution is 6.06. The molecule has 2 heterocycles. The van der Waals surface area contributed by atoms with E-state index in [1.807, 2.05) is 0 Å². The fourth-order valence-corrected chi connectivity index (χ4v) is 2.58. The van der Waals surface area contributed by atoms with Crippen LogP contribution in [0.15, 0.2) is 22.7 Å². The van der Waals surface area contributed by atoms with Crippen molar-refractivity contribution in [1.82, 2.24) is 15.1 Å². The van der Waals surface area contributed by atoms with Gasteiger partial charge in [-0.25, -0.2) is 13.2 Å². The molecule has 0 saturated carbocycles. The van der Waals surface area contributed by atoms with Crippen LogP contribution in [0.2, 0.25) is 0 Å². The molecule has 0 saturated heterocycles. The van der Waals surface area contributed by atoms with Gasteiger partial charge in [-0.3, -0.25) is 14.3 Å². The van der Waals surface area contributed by atoms with E-state index >= 15 is 0 Å². The van der Waals surface area contributed by atoms with Crippen molar-refractivity contribution in [2.45, 2.75) is 20.1 Å². The minimum Gasteiger partial charge on any atom is -0.479 e. The van der Waals surface area contributed by atoms with Crippen molar-refractivity contribution in [3.63, 3.8) is 0 Å². The summed E-state index contributed by atoms with van der Waals surface area (Å²) in [5.41, 5.74) is 0.0657. The van der Waals surface area contributed by atoms with E-state index in [9.17, 15) is 31.5 Å². The molecule has 3 rings (SSSR count). The molecule has 0 radical (unpaired) electrons. The van der Waals surface area contributed by atoms with Crippen LogP contribution in [0.4, 0.5) is 27.6 Å². The number of hydrogen-bond acceptors (Lipinski definition) is 5. The fourth-order valence-electron chi connectivity index (χ4n) is 2.58. The van der Waals surface area contributed by atoms with E-state index in [1.54, 1.807) is 6.92 Å². The topological polar surface area (TPSA) is 98.4 Å². The summed E-state index contributed by atoms with van der Waals surface area (Å²) in [7, 11) is 1.39. The molecule has 0 spiro atoms. The highest BCUT2D eigenvalue weighted by atomic mass is 19.2. The van der Waals surface area contributed by atoms with Crippen molar-refractivity contribution in [2.24, 2.45) is 0 Å². The maximum Gasteiger partial charge on any atom is 0.291 e. The largest absolute Gasteiger partial charge is 0.479 e. The van der Waals surface area contributed by atoms with Crippen LogP contribution in [0, 0.1) is 29.1 Å². The molecule has 170 valence electrons. The Bertz CT molecular complexity index is 1160. The van der Waals surface area contributed by atoms with Crippen LogP contribution in [0.25, 0.3) is 0 Å². The Kier molecular flexibility index (Phi) is 6.46. The number of nitrogens with zero attached hydrogens (tertiary/aromatic N) is 2. The van der Waals surface area contributed by atoms with Crippen LogP contribution in [-0.2, 0) is 13.2 Å². The second-order valence-electron chi connectivity index (χ2n) is 6.23. The molecule has 0 fully saturated rings. The minimum absolute atomic E-state index is 0.0378. The SMILES string of the molecule is CCn1cc(NC(=O)c2ccc(COc3c(F)c(F)c(F)c(F)c3F)o2)c(C(=O)NC)n1. The van der Waals surface area contributed by atoms with Gasteiger partial charge in [0.2, 0.25) is 29.1 Å². The first kappa shape index (κ1) is 22.8. The van der Waals surface area contributed by atoms with Crippen LogP contribution in [-0.4, -0.2) is 28.6 Å². The molecular formula is C19H15F5N4O4. The van der Waals surface area contributed by atoms with Gasteiger partial charge in [-0.2, -0.15) is 13.9 Å². The Morgan fingerprint density at radius 1 is 1.03 bits per heavy atom. The molecule has 0 aliphatic carbocycles. The van der Waals surface area contributed by atoms with Crippen molar-refractivity contribution < 1.29 is 40.7 Å². The summed E-state index contributed by atoms with van der Waals surface area (Å²) < 4.78 is 78.2. The standard InChI is InChI=1S/C19H15F5N4O4/c1-3-28-6-9(16(27-28)19(30)25-2)26-18(29)10-5-4-8(32-10)7-31-17-14(23)12(21)11(20)13(22)15(17)24/h4-6H,3,7H2,1-2H3,(H,25,30)(H,26,29). The number of rotatable bonds is 7. The maximum atomic E-state index is 13.7. The zero-order chi connectivity index (χ0) is 23.6. The molecule has 0 bridgehead atoms. The van der Waals surface area contributed by atoms with Crippen LogP contribution in [0.3, 0.4) is 0 Å². The molecule has 32 heavy (non-hydrogen) atoms. The summed E-state index contributed by atoms with van der Waals surface area (Å²) in [6.07, 6.45) is 1.43. The summed E-state index contributed by atoms with van der Waals surface area (Å²) in [6.45, 7) is 1.47. The summed E-state index contributed by atoms with van der Waals surface area (Å²) in [5.74, 6) is -14.1. The van der Waals surface area contributed by atoms with E-state index in [2.05, 4.69) is 20.5 Å². The van der Waals surface area contributed by atoms with Crippen LogP contribution in [0.1, 0.15) is 33.7 Å². The van der Waals surface area contributed by atoms with E-state index in [-0.39, 0.29) is 22.9 Å². The third-order valence-corrected chi connectivity index (χ3v) is 4.19. The highest BCUT2D eigenvalue weighted by Crippen LogP contribution is 2.30. The van der Waals surface area contributed by atoms with Crippen LogP contribution >= 0.6 is 0 Å². The number of ether oxygens (including phenoxy) is 1. The molecule has 0 atom stereocenters. The molecule has 2 aromatic heterocycles. The normalized spacial score (nSPS) is 10.8. The van der Waals surface area contributed by atoms with Gasteiger partial charge in [0.15, 0.2) is 17.2 Å². The lowest BCUT2D eigenvalue weighted by Gasteiger charge is -2.09. The lowest BCUT2D eigenvalue weighted by Crippen LogP contribution is -2.21. The van der Waals surface area contributed by atoms with E-state index < -0.39 is 53.3 Å². The smallest absolute Gasteiger partial charge is 0.291 e. The first-order valence-corrected chi connectivity index (χ1v) is 9.01. The molecule has 3 aromatic rings. The van der Waals surface area contributed by atoms with Gasteiger partial charge >= 0.3 is 0 Å². The number of aryl methyl sites for hydroxylation is 1. The average molecular weight is 458 g/mol. The zero-order valence-electron chi connectivity index (χ0n) is 16.6. The number of furan rings is 1. The van der Waals surface area contributed by atoms with E-state index in [4.69, 9.17) is 4.42 Å². The van der Waals surface area contributed by atoms with Crippen LogP contribution < -0.4 is 15.4 Å². The van der Waals surface area contributed by atoms with Crippen molar-refractivity contribution in [1.29, 1.82) is 0 Å². The number of benzene rings is 1. The second-order valence-corrected chi connectivity index (χ2v) is 6.23. The molecule has 8 nitrogen and oxygen atoms in total. The number of carbonyl (C=O) groups excluding carboxylic acids is 2. The molecular weight excluding hydrogens is 443 g/mol. The quantitative estimate of drug-likeness (QED) is 0.321. The van der Waals surface area contributed by atoms with Crippen molar-refractivity contribution in [3.8, 4) is 5.75 Å². The minimum atomic E-state index is -2.31. The van der Waals surface area contributed by atoms with E-state index in [0.29, 0.717) is 6.54 Å². The molecule has 0 aliphatic heterocycles. The Labute approximate surface area is 177 Å². The van der Waals surface area contributed by atoms with Crippen LogP contribution in [0.5, 0.6) is 5.75 Å². The van der Waals surface area contributed by atoms with Gasteiger partial charge in [-0.15, -0.1) is 0 Å². The summed E-state index contributed by atoms with van der Waals surface area (Å²) in [5, 5.41) is 8.86. The first-order chi connectivity index (χ1) is 15.2. The third kappa shape index (κ3) is 4.26. The molecule has 2 amide bonds. The molecule has 0 aliphatic rings. The lowest BCUT2D eigenvalue weighted by molar-refractivity contribution is 0.0958. The summed E-state index contributed by atoms with van der Waals surface area (Å²) >= 11 is 0. The van der Waals surface area contributed by atoms with Gasteiger partial charge in [0.25, 0.3) is 11.8 Å². The summed E-state index contributed by atoms with van der Waals surface area (Å²) in [4.78, 5) is 24.3. The Balaban J connectivity index is 1.74. The monoisotopic (exact) mass is 458 g/mol. The Morgan fingerprint density at radius 3 is 2.25 bits per heavy atom. The van der Waals surface area contributed by atoms with E-state index in [1.165, 1.54) is 30.1 Å². The fraction of sp³-hybridized carbons (Fsp3) is 0.211. The zero-order valence-corrected chi connectivity index (χ0v) is 16.6. The van der Waals surface area contributed by atoms with E-state index in [0.717, 1.165) is 0 Å². The number of aromatic nitrogens is 2. The predicted molar refractivity (Wildman–Crippen MR) is 98.5 cm³/mol. The maximum absolute atomic E-state index is 13.7. The number of carbonyl (C=O) groups is 2. The van der Waals surface area contributed by atoms with Gasteiger partial charge in [0, 0.05) is 19.8 Å². The third-order valence-electron chi connectivity index (χ3n) is 4.19. The van der Waals surface area contributed by atoms with Gasteiger partial charge in [-0.1, -0.05) is 0 Å². The molecule has 0 unspecified atom stereocenters. The number of nitrogens with one attached hydrogen (secondary N) is 2. The molecule has 1 aromatic carbocycles. The number of amides is 2. The number of hydrogen-bond donors (Lipinski definition) is 2. The number of halogens is 5. The van der Waals surface area contributed by atoms with Crippen molar-refractivity contribution in [2.75, 3.05) is 12.4 Å². The van der Waals surface area contributed by atoms with Crippen molar-refractivity contribution in [3.05, 3.63) is 64.6 Å². The second kappa shape index (κ2) is 9.08. The van der Waals surface area contributed by atoms with Gasteiger partial charge in [0.1, 0.15) is 12.4 Å². The molecule has 13 heteroatoms. The van der Waals surface area contributed by atoms with Gasteiger partial charge in [-0.05, 0) is 19.1 Å². The molecule has 2 N–H and O–H groups in total. The van der Waals surface area contributed by atoms with Crippen molar-refractivity contribution >= 4 is 17.5 Å². The Morgan fingerprint density at radius 2 is 1.66 bits per heavy atom. The lowest BCUT2D eigenvalue weighted by atomic mass is 10.2. The highest BCUT2D eigenvalue weighted by Gasteiger charge is 2.27. The first-order valence-electron chi connectivity index (χ1n) is 9.01. The average Bonchev–Trinajstić information content (AvgIpc) is 3.43. The predicted octanol–water partition coefficient (Wildman–Crippen LogP) is 3.38.